The van der Waals surface area contributed by atoms with Gasteiger partial charge < -0.3 is 20.1 Å². The topological polar surface area (TPSA) is 88.7 Å². The minimum absolute atomic E-state index is 0.137. The van der Waals surface area contributed by atoms with Crippen LogP contribution in [0.5, 0.6) is 5.75 Å². The molecule has 0 amide bonds. The fraction of sp³-hybridized carbons (Fsp3) is 0.278. The molecular weight excluding hydrogens is 386 g/mol. The SMILES string of the molecule is COCCCNC(=S)Nc1ccc(S(=O)(=O)Nc2ccccc2OC)cc1. The van der Waals surface area contributed by atoms with Crippen LogP contribution in [-0.4, -0.2) is 40.9 Å². The summed E-state index contributed by atoms with van der Waals surface area (Å²) < 4.78 is 37.8. The van der Waals surface area contributed by atoms with Crippen LogP contribution in [0.1, 0.15) is 6.42 Å². The molecule has 0 aliphatic rings. The Balaban J connectivity index is 2.00. The molecule has 0 radical (unpaired) electrons. The average Bonchev–Trinajstić information content (AvgIpc) is 2.66. The summed E-state index contributed by atoms with van der Waals surface area (Å²) in [5.74, 6) is 0.448. The largest absolute Gasteiger partial charge is 0.495 e. The van der Waals surface area contributed by atoms with Gasteiger partial charge in [0.25, 0.3) is 10.0 Å². The lowest BCUT2D eigenvalue weighted by molar-refractivity contribution is 0.196. The van der Waals surface area contributed by atoms with Crippen molar-refractivity contribution in [2.45, 2.75) is 11.3 Å². The Kier molecular flexibility index (Phi) is 7.83. The predicted octanol–water partition coefficient (Wildman–Crippen LogP) is 2.82. The normalized spacial score (nSPS) is 10.9. The van der Waals surface area contributed by atoms with Crippen molar-refractivity contribution in [1.82, 2.24) is 5.32 Å². The van der Waals surface area contributed by atoms with Crippen LogP contribution in [-0.2, 0) is 14.8 Å². The zero-order valence-corrected chi connectivity index (χ0v) is 16.8. The maximum atomic E-state index is 12.6. The summed E-state index contributed by atoms with van der Waals surface area (Å²) in [4.78, 5) is 0.137. The van der Waals surface area contributed by atoms with E-state index in [2.05, 4.69) is 15.4 Å². The predicted molar refractivity (Wildman–Crippen MR) is 111 cm³/mol. The number of nitrogens with one attached hydrogen (secondary N) is 3. The van der Waals surface area contributed by atoms with Crippen molar-refractivity contribution in [3.63, 3.8) is 0 Å². The number of thiocarbonyl (C=S) groups is 1. The van der Waals surface area contributed by atoms with Gasteiger partial charge in [0, 0.05) is 25.9 Å². The molecule has 0 bridgehead atoms. The van der Waals surface area contributed by atoms with Crippen LogP contribution in [0.25, 0.3) is 0 Å². The highest BCUT2D eigenvalue weighted by atomic mass is 32.2. The Labute approximate surface area is 165 Å². The molecule has 9 heteroatoms. The van der Waals surface area contributed by atoms with E-state index < -0.39 is 10.0 Å². The van der Waals surface area contributed by atoms with Gasteiger partial charge in [0.05, 0.1) is 17.7 Å². The highest BCUT2D eigenvalue weighted by Crippen LogP contribution is 2.26. The van der Waals surface area contributed by atoms with Crippen LogP contribution in [0.4, 0.5) is 11.4 Å². The fourth-order valence-corrected chi connectivity index (χ4v) is 3.53. The summed E-state index contributed by atoms with van der Waals surface area (Å²) in [7, 11) is -0.598. The van der Waals surface area contributed by atoms with E-state index in [1.807, 2.05) is 0 Å². The van der Waals surface area contributed by atoms with E-state index in [4.69, 9.17) is 21.7 Å². The van der Waals surface area contributed by atoms with Crippen molar-refractivity contribution in [1.29, 1.82) is 0 Å². The molecule has 27 heavy (non-hydrogen) atoms. The highest BCUT2D eigenvalue weighted by molar-refractivity contribution is 7.92. The second-order valence-electron chi connectivity index (χ2n) is 5.56. The summed E-state index contributed by atoms with van der Waals surface area (Å²) in [6, 6.07) is 13.1. The lowest BCUT2D eigenvalue weighted by atomic mass is 10.3. The number of rotatable bonds is 9. The van der Waals surface area contributed by atoms with Crippen molar-refractivity contribution in [2.24, 2.45) is 0 Å². The minimum atomic E-state index is -3.73. The Morgan fingerprint density at radius 3 is 2.44 bits per heavy atom. The molecule has 0 spiro atoms. The van der Waals surface area contributed by atoms with E-state index in [0.29, 0.717) is 35.4 Å². The van der Waals surface area contributed by atoms with Crippen molar-refractivity contribution < 1.29 is 17.9 Å². The molecule has 2 rings (SSSR count). The van der Waals surface area contributed by atoms with Crippen LogP contribution in [0, 0.1) is 0 Å². The quantitative estimate of drug-likeness (QED) is 0.433. The van der Waals surface area contributed by atoms with E-state index in [-0.39, 0.29) is 4.90 Å². The van der Waals surface area contributed by atoms with Gasteiger partial charge in [-0.3, -0.25) is 4.72 Å². The van der Waals surface area contributed by atoms with Gasteiger partial charge in [-0.2, -0.15) is 0 Å². The van der Waals surface area contributed by atoms with Gasteiger partial charge in [0.15, 0.2) is 5.11 Å². The van der Waals surface area contributed by atoms with Crippen molar-refractivity contribution in [3.8, 4) is 5.75 Å². The Morgan fingerprint density at radius 2 is 1.78 bits per heavy atom. The molecule has 0 aromatic heterocycles. The highest BCUT2D eigenvalue weighted by Gasteiger charge is 2.16. The molecule has 0 unspecified atom stereocenters. The first-order valence-electron chi connectivity index (χ1n) is 8.26. The molecule has 0 saturated heterocycles. The third kappa shape index (κ3) is 6.38. The zero-order valence-electron chi connectivity index (χ0n) is 15.2. The van der Waals surface area contributed by atoms with Crippen LogP contribution in [0.2, 0.25) is 0 Å². The number of benzene rings is 2. The molecule has 2 aromatic carbocycles. The number of sulfonamides is 1. The van der Waals surface area contributed by atoms with Crippen LogP contribution in [0.3, 0.4) is 0 Å². The van der Waals surface area contributed by atoms with Gasteiger partial charge in [-0.05, 0) is 55.0 Å². The lowest BCUT2D eigenvalue weighted by Gasteiger charge is -2.13. The van der Waals surface area contributed by atoms with Crippen LogP contribution >= 0.6 is 12.2 Å². The lowest BCUT2D eigenvalue weighted by Crippen LogP contribution is -2.29. The Bertz CT molecular complexity index is 855. The summed E-state index contributed by atoms with van der Waals surface area (Å²) in [5, 5.41) is 6.53. The third-order valence-electron chi connectivity index (χ3n) is 3.58. The maximum absolute atomic E-state index is 12.6. The Hall–Kier alpha value is -2.36. The summed E-state index contributed by atoms with van der Waals surface area (Å²) in [6.07, 6.45) is 0.837. The summed E-state index contributed by atoms with van der Waals surface area (Å²) >= 11 is 5.20. The van der Waals surface area contributed by atoms with Gasteiger partial charge in [0.1, 0.15) is 5.75 Å². The molecular formula is C18H23N3O4S2. The number of methoxy groups -OCH3 is 2. The number of hydrogen-bond donors (Lipinski definition) is 3. The van der Waals surface area contributed by atoms with Gasteiger partial charge in [-0.25, -0.2) is 8.42 Å². The first-order chi connectivity index (χ1) is 13.0. The van der Waals surface area contributed by atoms with Gasteiger partial charge in [-0.1, -0.05) is 12.1 Å². The molecule has 0 fully saturated rings. The number of hydrogen-bond acceptors (Lipinski definition) is 5. The van der Waals surface area contributed by atoms with Crippen molar-refractivity contribution in [2.75, 3.05) is 37.4 Å². The smallest absolute Gasteiger partial charge is 0.262 e. The Morgan fingerprint density at radius 1 is 1.07 bits per heavy atom. The van der Waals surface area contributed by atoms with Gasteiger partial charge in [-0.15, -0.1) is 0 Å². The molecule has 3 N–H and O–H groups in total. The third-order valence-corrected chi connectivity index (χ3v) is 5.21. The number of anilines is 2. The minimum Gasteiger partial charge on any atom is -0.495 e. The van der Waals surface area contributed by atoms with E-state index in [1.54, 1.807) is 43.5 Å². The second-order valence-corrected chi connectivity index (χ2v) is 7.65. The van der Waals surface area contributed by atoms with E-state index in [0.717, 1.165) is 6.42 Å². The first-order valence-corrected chi connectivity index (χ1v) is 10.1. The number of para-hydroxylation sites is 2. The molecule has 0 saturated carbocycles. The number of ether oxygens (including phenoxy) is 2. The van der Waals surface area contributed by atoms with Crippen LogP contribution in [0.15, 0.2) is 53.4 Å². The molecule has 0 aliphatic heterocycles. The zero-order chi connectivity index (χ0) is 19.7. The van der Waals surface area contributed by atoms with Crippen LogP contribution < -0.4 is 20.1 Å². The average molecular weight is 410 g/mol. The summed E-state index contributed by atoms with van der Waals surface area (Å²) in [5.41, 5.74) is 1.07. The summed E-state index contributed by atoms with van der Waals surface area (Å²) in [6.45, 7) is 1.34. The fourth-order valence-electron chi connectivity index (χ4n) is 2.24. The molecule has 0 aliphatic carbocycles. The molecule has 0 atom stereocenters. The standard InChI is InChI=1S/C18H23N3O4S2/c1-24-13-5-12-19-18(26)20-14-8-10-15(11-9-14)27(22,23)21-16-6-3-4-7-17(16)25-2/h3-4,6-11,21H,5,12-13H2,1-2H3,(H2,19,20,26). The van der Waals surface area contributed by atoms with Gasteiger partial charge in [0.2, 0.25) is 0 Å². The molecule has 7 nitrogen and oxygen atoms in total. The van der Waals surface area contributed by atoms with E-state index in [9.17, 15) is 8.42 Å². The van der Waals surface area contributed by atoms with Crippen molar-refractivity contribution >= 4 is 38.7 Å². The van der Waals surface area contributed by atoms with E-state index in [1.165, 1.54) is 19.2 Å². The first kappa shape index (κ1) is 20.9. The second kappa shape index (κ2) is 10.1. The molecule has 2 aromatic rings. The van der Waals surface area contributed by atoms with E-state index >= 15 is 0 Å². The van der Waals surface area contributed by atoms with Gasteiger partial charge >= 0.3 is 0 Å². The van der Waals surface area contributed by atoms with Crippen molar-refractivity contribution in [3.05, 3.63) is 48.5 Å². The molecule has 146 valence electrons. The maximum Gasteiger partial charge on any atom is 0.262 e. The monoisotopic (exact) mass is 409 g/mol. The molecule has 0 heterocycles.